The molecule has 47 heavy (non-hydrogen) atoms. The summed E-state index contributed by atoms with van der Waals surface area (Å²) in [6, 6.07) is 22.0. The maximum atomic E-state index is 13.6. The molecule has 0 radical (unpaired) electrons. The molecule has 236 valence electrons. The standard InChI is InChI=1S/C34H24F3N5O5/c35-34(36,37)21-6-8-22(9-7-21)40-25-13-15-42(19-20-4-2-1-3-5-20)33(46)31(25)32(45)41-30-11-10-23(18-39-30)47-29-12-14-38-26-17-28(44)27(43)16-24(26)29/h1-18,40,43-44H,19H2,(H,39,41,45). The Bertz CT molecular complexity index is 2140. The van der Waals surface area contributed by atoms with E-state index < -0.39 is 23.2 Å². The zero-order valence-electron chi connectivity index (χ0n) is 24.2. The van der Waals surface area contributed by atoms with Gasteiger partial charge in [0, 0.05) is 29.5 Å². The molecule has 0 fully saturated rings. The van der Waals surface area contributed by atoms with Gasteiger partial charge in [-0.1, -0.05) is 30.3 Å². The lowest BCUT2D eigenvalue weighted by atomic mass is 10.1. The van der Waals surface area contributed by atoms with Crippen LogP contribution in [0.3, 0.4) is 0 Å². The first-order valence-corrected chi connectivity index (χ1v) is 14.0. The number of ether oxygens (including phenoxy) is 1. The van der Waals surface area contributed by atoms with Crippen molar-refractivity contribution in [2.24, 2.45) is 0 Å². The number of rotatable bonds is 8. The maximum absolute atomic E-state index is 13.6. The molecule has 0 aliphatic rings. The molecule has 0 saturated heterocycles. The van der Waals surface area contributed by atoms with Crippen molar-refractivity contribution in [1.82, 2.24) is 14.5 Å². The van der Waals surface area contributed by atoms with E-state index in [1.807, 2.05) is 30.3 Å². The second-order valence-corrected chi connectivity index (χ2v) is 10.3. The van der Waals surface area contributed by atoms with Crippen LogP contribution in [0.4, 0.5) is 30.4 Å². The van der Waals surface area contributed by atoms with Crippen LogP contribution in [0.2, 0.25) is 0 Å². The Morgan fingerprint density at radius 3 is 2.34 bits per heavy atom. The minimum Gasteiger partial charge on any atom is -0.504 e. The fraction of sp³-hybridized carbons (Fsp3) is 0.0588. The van der Waals surface area contributed by atoms with Crippen LogP contribution < -0.4 is 20.9 Å². The number of phenolic OH excluding ortho intramolecular Hbond substituents is 2. The van der Waals surface area contributed by atoms with E-state index in [1.165, 1.54) is 65.6 Å². The first kappa shape index (κ1) is 30.6. The van der Waals surface area contributed by atoms with Crippen LogP contribution in [-0.2, 0) is 12.7 Å². The lowest BCUT2D eigenvalue weighted by Gasteiger charge is -2.15. The van der Waals surface area contributed by atoms with Gasteiger partial charge in [-0.05, 0) is 60.2 Å². The van der Waals surface area contributed by atoms with Gasteiger partial charge in [0.1, 0.15) is 22.9 Å². The number of hydrogen-bond acceptors (Lipinski definition) is 8. The summed E-state index contributed by atoms with van der Waals surface area (Å²) >= 11 is 0. The van der Waals surface area contributed by atoms with E-state index >= 15 is 0 Å². The summed E-state index contributed by atoms with van der Waals surface area (Å²) in [4.78, 5) is 35.6. The number of nitrogens with zero attached hydrogens (tertiary/aromatic N) is 3. The van der Waals surface area contributed by atoms with Crippen molar-refractivity contribution in [3.63, 3.8) is 0 Å². The van der Waals surface area contributed by atoms with Crippen LogP contribution >= 0.6 is 0 Å². The van der Waals surface area contributed by atoms with Crippen molar-refractivity contribution in [2.75, 3.05) is 10.6 Å². The average Bonchev–Trinajstić information content (AvgIpc) is 3.04. The predicted octanol–water partition coefficient (Wildman–Crippen LogP) is 7.06. The summed E-state index contributed by atoms with van der Waals surface area (Å²) in [5, 5.41) is 25.6. The van der Waals surface area contributed by atoms with E-state index in [2.05, 4.69) is 20.6 Å². The fourth-order valence-corrected chi connectivity index (χ4v) is 4.76. The van der Waals surface area contributed by atoms with Crippen LogP contribution in [0.25, 0.3) is 10.9 Å². The summed E-state index contributed by atoms with van der Waals surface area (Å²) in [6.07, 6.45) is -0.222. The Hall–Kier alpha value is -6.37. The smallest absolute Gasteiger partial charge is 0.416 e. The third kappa shape index (κ3) is 6.83. The number of amides is 1. The van der Waals surface area contributed by atoms with Gasteiger partial charge in [0.2, 0.25) is 0 Å². The monoisotopic (exact) mass is 639 g/mol. The molecular weight excluding hydrogens is 615 g/mol. The van der Waals surface area contributed by atoms with Gasteiger partial charge in [-0.15, -0.1) is 0 Å². The molecule has 3 aromatic heterocycles. The number of pyridine rings is 3. The van der Waals surface area contributed by atoms with Gasteiger partial charge >= 0.3 is 6.18 Å². The molecule has 6 rings (SSSR count). The van der Waals surface area contributed by atoms with Crippen LogP contribution in [0.15, 0.2) is 114 Å². The molecule has 6 aromatic rings. The van der Waals surface area contributed by atoms with Crippen LogP contribution in [0, 0.1) is 0 Å². The van der Waals surface area contributed by atoms with Crippen molar-refractivity contribution in [3.8, 4) is 23.0 Å². The molecule has 0 spiro atoms. The number of carbonyl (C=O) groups is 1. The van der Waals surface area contributed by atoms with Gasteiger partial charge in [-0.3, -0.25) is 14.6 Å². The van der Waals surface area contributed by atoms with Crippen molar-refractivity contribution in [3.05, 3.63) is 137 Å². The third-order valence-corrected chi connectivity index (χ3v) is 7.08. The van der Waals surface area contributed by atoms with Crippen molar-refractivity contribution in [2.45, 2.75) is 12.7 Å². The van der Waals surface area contributed by atoms with E-state index in [0.717, 1.165) is 17.7 Å². The Morgan fingerprint density at radius 2 is 1.64 bits per heavy atom. The lowest BCUT2D eigenvalue weighted by molar-refractivity contribution is -0.137. The van der Waals surface area contributed by atoms with E-state index in [4.69, 9.17) is 4.74 Å². The largest absolute Gasteiger partial charge is 0.504 e. The first-order chi connectivity index (χ1) is 22.5. The van der Waals surface area contributed by atoms with Gasteiger partial charge in [0.15, 0.2) is 11.5 Å². The topological polar surface area (TPSA) is 139 Å². The molecule has 1 amide bonds. The summed E-state index contributed by atoms with van der Waals surface area (Å²) in [5.41, 5.74) is -0.243. The number of carbonyl (C=O) groups excluding carboxylic acids is 1. The van der Waals surface area contributed by atoms with E-state index in [1.54, 1.807) is 6.07 Å². The first-order valence-electron chi connectivity index (χ1n) is 14.0. The highest BCUT2D eigenvalue weighted by molar-refractivity contribution is 6.07. The van der Waals surface area contributed by atoms with Crippen molar-refractivity contribution < 1.29 is 32.9 Å². The molecule has 0 unspecified atom stereocenters. The van der Waals surface area contributed by atoms with Crippen LogP contribution in [-0.4, -0.2) is 30.7 Å². The van der Waals surface area contributed by atoms with Gasteiger partial charge in [-0.2, -0.15) is 13.2 Å². The molecule has 3 heterocycles. The molecule has 0 aliphatic heterocycles. The summed E-state index contributed by atoms with van der Waals surface area (Å²) in [5.74, 6) is -0.788. The molecule has 4 N–H and O–H groups in total. The number of halogens is 3. The number of phenols is 2. The average molecular weight is 640 g/mol. The Kier molecular flexibility index (Phi) is 8.19. The maximum Gasteiger partial charge on any atom is 0.416 e. The molecular formula is C34H24F3N5O5. The molecule has 10 nitrogen and oxygen atoms in total. The van der Waals surface area contributed by atoms with Crippen molar-refractivity contribution >= 4 is 34.0 Å². The number of hydrogen-bond donors (Lipinski definition) is 4. The Morgan fingerprint density at radius 1 is 0.894 bits per heavy atom. The molecule has 0 aliphatic carbocycles. The highest BCUT2D eigenvalue weighted by Crippen LogP contribution is 2.36. The van der Waals surface area contributed by atoms with E-state index in [0.29, 0.717) is 16.7 Å². The van der Waals surface area contributed by atoms with Gasteiger partial charge in [-0.25, -0.2) is 4.98 Å². The van der Waals surface area contributed by atoms with E-state index in [9.17, 15) is 33.0 Å². The minimum absolute atomic E-state index is 0.0791. The predicted molar refractivity (Wildman–Crippen MR) is 168 cm³/mol. The van der Waals surface area contributed by atoms with Crippen molar-refractivity contribution in [1.29, 1.82) is 0 Å². The molecule has 0 atom stereocenters. The zero-order chi connectivity index (χ0) is 33.1. The number of fused-ring (bicyclic) bond motifs is 1. The Labute approximate surface area is 264 Å². The second-order valence-electron chi connectivity index (χ2n) is 10.3. The van der Waals surface area contributed by atoms with Gasteiger partial charge in [0.25, 0.3) is 11.5 Å². The zero-order valence-corrected chi connectivity index (χ0v) is 24.2. The SMILES string of the molecule is O=C(Nc1ccc(Oc2ccnc3cc(O)c(O)cc23)cn1)c1c(Nc2ccc(C(F)(F)F)cc2)ccn(Cc2ccccc2)c1=O. The van der Waals surface area contributed by atoms with Gasteiger partial charge < -0.3 is 30.2 Å². The summed E-state index contributed by atoms with van der Waals surface area (Å²) in [7, 11) is 0. The number of aromatic hydroxyl groups is 2. The van der Waals surface area contributed by atoms with Crippen LogP contribution in [0.1, 0.15) is 21.5 Å². The fourth-order valence-electron chi connectivity index (χ4n) is 4.76. The summed E-state index contributed by atoms with van der Waals surface area (Å²) in [6.45, 7) is 0.172. The number of benzene rings is 3. The molecule has 0 saturated carbocycles. The molecule has 0 bridgehead atoms. The number of anilines is 3. The molecule has 3 aromatic carbocycles. The minimum atomic E-state index is -4.52. The number of aromatic nitrogens is 3. The molecule has 13 heteroatoms. The number of nitrogens with one attached hydrogen (secondary N) is 2. The lowest BCUT2D eigenvalue weighted by Crippen LogP contribution is -2.30. The summed E-state index contributed by atoms with van der Waals surface area (Å²) < 4.78 is 46.5. The highest BCUT2D eigenvalue weighted by atomic mass is 19.4. The quantitative estimate of drug-likeness (QED) is 0.130. The van der Waals surface area contributed by atoms with E-state index in [-0.39, 0.29) is 46.5 Å². The number of alkyl halides is 3. The normalized spacial score (nSPS) is 11.3. The third-order valence-electron chi connectivity index (χ3n) is 7.08. The Balaban J connectivity index is 1.26. The highest BCUT2D eigenvalue weighted by Gasteiger charge is 2.30. The van der Waals surface area contributed by atoms with Gasteiger partial charge in [0.05, 0.1) is 29.5 Å². The van der Waals surface area contributed by atoms with Crippen LogP contribution in [0.5, 0.6) is 23.0 Å². The second kappa shape index (κ2) is 12.6.